The number of carbonyl (C=O) groups is 1. The van der Waals surface area contributed by atoms with E-state index >= 15 is 0 Å². The number of benzene rings is 1. The minimum absolute atomic E-state index is 0.0972. The predicted octanol–water partition coefficient (Wildman–Crippen LogP) is 2.58. The molecule has 160 valence electrons. The molecule has 29 heavy (non-hydrogen) atoms. The molecular weight excluding hydrogens is 388 g/mol. The van der Waals surface area contributed by atoms with E-state index in [9.17, 15) is 13.2 Å². The van der Waals surface area contributed by atoms with Crippen molar-refractivity contribution in [2.45, 2.75) is 75.5 Å². The van der Waals surface area contributed by atoms with Crippen LogP contribution in [-0.4, -0.2) is 56.8 Å². The Morgan fingerprint density at radius 2 is 1.83 bits per heavy atom. The molecule has 5 rings (SSSR count). The minimum atomic E-state index is -3.34. The summed E-state index contributed by atoms with van der Waals surface area (Å²) >= 11 is 0. The number of nitrogens with zero attached hydrogens (tertiary/aromatic N) is 1. The first-order valence-corrected chi connectivity index (χ1v) is 12.8. The number of rotatable bonds is 2. The summed E-state index contributed by atoms with van der Waals surface area (Å²) in [7, 11) is -3.34. The van der Waals surface area contributed by atoms with Crippen LogP contribution in [0, 0.1) is 0 Å². The lowest BCUT2D eigenvalue weighted by Crippen LogP contribution is -2.59. The summed E-state index contributed by atoms with van der Waals surface area (Å²) in [6.45, 7) is 1.07. The number of aryl methyl sites for hydroxylation is 1. The Morgan fingerprint density at radius 1 is 1.07 bits per heavy atom. The number of hydrogen-bond acceptors (Lipinski definition) is 4. The SMILES string of the molecule is CS(=O)(=O)NC1CCCN2C(=O)CCc3ccccc3C3CCC(CC3)OC[C@@H]12. The van der Waals surface area contributed by atoms with Crippen LogP contribution in [0.3, 0.4) is 0 Å². The second-order valence-corrected chi connectivity index (χ2v) is 10.6. The monoisotopic (exact) mass is 420 g/mol. The van der Waals surface area contributed by atoms with Gasteiger partial charge < -0.3 is 9.64 Å². The minimum Gasteiger partial charge on any atom is -0.376 e. The summed E-state index contributed by atoms with van der Waals surface area (Å²) in [5, 5.41) is 0. The molecule has 1 saturated heterocycles. The average molecular weight is 421 g/mol. The maximum atomic E-state index is 13.1. The van der Waals surface area contributed by atoms with E-state index in [2.05, 4.69) is 29.0 Å². The summed E-state index contributed by atoms with van der Waals surface area (Å²) in [6.07, 6.45) is 8.36. The summed E-state index contributed by atoms with van der Waals surface area (Å²) in [4.78, 5) is 15.0. The maximum absolute atomic E-state index is 13.1. The number of carbonyl (C=O) groups excluding carboxylic acids is 1. The van der Waals surface area contributed by atoms with Gasteiger partial charge in [0, 0.05) is 19.0 Å². The summed E-state index contributed by atoms with van der Waals surface area (Å²) in [5.74, 6) is 0.643. The average Bonchev–Trinajstić information content (AvgIpc) is 2.71. The Balaban J connectivity index is 1.61. The van der Waals surface area contributed by atoms with Gasteiger partial charge in [0.05, 0.1) is 25.0 Å². The van der Waals surface area contributed by atoms with Crippen LogP contribution in [0.1, 0.15) is 62.0 Å². The number of piperidine rings is 1. The highest BCUT2D eigenvalue weighted by Crippen LogP contribution is 2.36. The first-order chi connectivity index (χ1) is 13.9. The zero-order chi connectivity index (χ0) is 20.4. The van der Waals surface area contributed by atoms with Gasteiger partial charge in [-0.1, -0.05) is 24.3 Å². The first-order valence-electron chi connectivity index (χ1n) is 10.9. The van der Waals surface area contributed by atoms with Crippen LogP contribution in [0.2, 0.25) is 0 Å². The van der Waals surface area contributed by atoms with E-state index in [-0.39, 0.29) is 24.1 Å². The van der Waals surface area contributed by atoms with Crippen molar-refractivity contribution in [3.63, 3.8) is 0 Å². The van der Waals surface area contributed by atoms with E-state index in [1.54, 1.807) is 0 Å². The van der Waals surface area contributed by atoms with Gasteiger partial charge in [-0.25, -0.2) is 13.1 Å². The lowest BCUT2D eigenvalue weighted by Gasteiger charge is -2.42. The topological polar surface area (TPSA) is 75.7 Å². The fourth-order valence-corrected chi connectivity index (χ4v) is 6.13. The molecule has 0 spiro atoms. The molecule has 2 bridgehead atoms. The van der Waals surface area contributed by atoms with Crippen LogP contribution in [-0.2, 0) is 26.0 Å². The Hall–Kier alpha value is -1.44. The fraction of sp³-hybridized carbons (Fsp3) is 0.682. The smallest absolute Gasteiger partial charge is 0.223 e. The normalized spacial score (nSPS) is 31.2. The van der Waals surface area contributed by atoms with Crippen LogP contribution >= 0.6 is 0 Å². The largest absolute Gasteiger partial charge is 0.376 e. The van der Waals surface area contributed by atoms with Crippen LogP contribution in [0.15, 0.2) is 24.3 Å². The lowest BCUT2D eigenvalue weighted by molar-refractivity contribution is -0.138. The highest BCUT2D eigenvalue weighted by molar-refractivity contribution is 7.88. The number of sulfonamides is 1. The van der Waals surface area contributed by atoms with Crippen molar-refractivity contribution in [2.24, 2.45) is 0 Å². The van der Waals surface area contributed by atoms with Gasteiger partial charge >= 0.3 is 0 Å². The third-order valence-electron chi connectivity index (χ3n) is 6.74. The van der Waals surface area contributed by atoms with Crippen molar-refractivity contribution in [3.8, 4) is 0 Å². The van der Waals surface area contributed by atoms with Crippen molar-refractivity contribution in [2.75, 3.05) is 19.4 Å². The van der Waals surface area contributed by atoms with E-state index in [1.165, 1.54) is 17.4 Å². The van der Waals surface area contributed by atoms with Crippen molar-refractivity contribution in [1.82, 2.24) is 9.62 Å². The van der Waals surface area contributed by atoms with Gasteiger partial charge in [0.25, 0.3) is 0 Å². The van der Waals surface area contributed by atoms with Crippen molar-refractivity contribution in [3.05, 3.63) is 35.4 Å². The van der Waals surface area contributed by atoms with E-state index in [0.717, 1.165) is 44.9 Å². The zero-order valence-electron chi connectivity index (χ0n) is 17.2. The zero-order valence-corrected chi connectivity index (χ0v) is 18.0. The molecule has 1 N–H and O–H groups in total. The van der Waals surface area contributed by atoms with Crippen LogP contribution in [0.4, 0.5) is 0 Å². The van der Waals surface area contributed by atoms with E-state index < -0.39 is 10.0 Å². The third kappa shape index (κ3) is 5.01. The van der Waals surface area contributed by atoms with Gasteiger partial charge in [0.1, 0.15) is 0 Å². The molecular formula is C22H32N2O4S. The van der Waals surface area contributed by atoms with Crippen molar-refractivity contribution >= 4 is 15.9 Å². The fourth-order valence-electron chi connectivity index (χ4n) is 5.31. The van der Waals surface area contributed by atoms with E-state index in [0.29, 0.717) is 25.5 Å². The van der Waals surface area contributed by atoms with Crippen molar-refractivity contribution in [1.29, 1.82) is 0 Å². The van der Waals surface area contributed by atoms with Gasteiger partial charge in [-0.2, -0.15) is 0 Å². The first kappa shape index (κ1) is 20.8. The summed E-state index contributed by atoms with van der Waals surface area (Å²) in [5.41, 5.74) is 2.67. The molecule has 6 nitrogen and oxygen atoms in total. The molecule has 2 atom stereocenters. The van der Waals surface area contributed by atoms with Gasteiger partial charge in [-0.05, 0) is 62.0 Å². The molecule has 1 saturated carbocycles. The van der Waals surface area contributed by atoms with Crippen LogP contribution in [0.25, 0.3) is 0 Å². The predicted molar refractivity (Wildman–Crippen MR) is 112 cm³/mol. The molecule has 7 heteroatoms. The molecule has 3 aliphatic heterocycles. The molecule has 1 amide bonds. The second kappa shape index (κ2) is 8.74. The Morgan fingerprint density at radius 3 is 2.59 bits per heavy atom. The maximum Gasteiger partial charge on any atom is 0.223 e. The number of ether oxygens (including phenoxy) is 1. The van der Waals surface area contributed by atoms with E-state index in [1.807, 2.05) is 4.90 Å². The van der Waals surface area contributed by atoms with Gasteiger partial charge in [0.2, 0.25) is 15.9 Å². The van der Waals surface area contributed by atoms with Crippen LogP contribution in [0.5, 0.6) is 0 Å². The Labute approximate surface area is 174 Å². The second-order valence-electron chi connectivity index (χ2n) is 8.80. The Kier molecular flexibility index (Phi) is 6.27. The number of hydrogen-bond donors (Lipinski definition) is 1. The van der Waals surface area contributed by atoms with Gasteiger partial charge in [0.15, 0.2) is 0 Å². The quantitative estimate of drug-likeness (QED) is 0.798. The summed E-state index contributed by atoms with van der Waals surface area (Å²) in [6, 6.07) is 8.03. The molecule has 1 aliphatic carbocycles. The molecule has 0 aromatic heterocycles. The van der Waals surface area contributed by atoms with Gasteiger partial charge in [-0.15, -0.1) is 0 Å². The highest BCUT2D eigenvalue weighted by Gasteiger charge is 2.37. The number of amides is 1. The lowest BCUT2D eigenvalue weighted by atomic mass is 9.80. The molecule has 4 aliphatic rings. The summed E-state index contributed by atoms with van der Waals surface area (Å²) < 4.78 is 32.8. The number of nitrogens with one attached hydrogen (secondary N) is 1. The standard InChI is InChI=1S/C22H32N2O4S/c1-29(26,27)23-20-7-4-14-24-21(20)15-28-18-11-8-17(9-12-18)19-6-3-2-5-16(19)10-13-22(24)25/h2-3,5-6,17-18,20-21,23H,4,7-15H2,1H3/t17?,18?,20?,21-/m0/s1. The molecule has 2 fully saturated rings. The van der Waals surface area contributed by atoms with E-state index in [4.69, 9.17) is 4.74 Å². The van der Waals surface area contributed by atoms with Crippen LogP contribution < -0.4 is 4.72 Å². The molecule has 1 aromatic rings. The molecule has 1 aromatic carbocycles. The Bertz CT molecular complexity index is 833. The van der Waals surface area contributed by atoms with Crippen molar-refractivity contribution < 1.29 is 17.9 Å². The number of fused-ring (bicyclic) bond motifs is 5. The molecule has 0 radical (unpaired) electrons. The highest BCUT2D eigenvalue weighted by atomic mass is 32.2. The molecule has 1 unspecified atom stereocenters. The van der Waals surface area contributed by atoms with Gasteiger partial charge in [-0.3, -0.25) is 4.79 Å². The molecule has 3 heterocycles. The third-order valence-corrected chi connectivity index (χ3v) is 7.48.